The molecule has 0 heterocycles. The lowest BCUT2D eigenvalue weighted by atomic mass is 10.2. The molecule has 1 unspecified atom stereocenters. The average Bonchev–Trinajstić information content (AvgIpc) is 2.27. The lowest BCUT2D eigenvalue weighted by Gasteiger charge is -2.14. The van der Waals surface area contributed by atoms with E-state index < -0.39 is 0 Å². The Hall–Kier alpha value is -1.77. The van der Waals surface area contributed by atoms with Gasteiger partial charge < -0.3 is 10.1 Å². The number of aryl methyl sites for hydroxylation is 1. The Kier molecular flexibility index (Phi) is 5.43. The van der Waals surface area contributed by atoms with E-state index in [-0.39, 0.29) is 11.9 Å². The number of nitrogens with one attached hydrogen (secondary N) is 1. The van der Waals surface area contributed by atoms with Crippen LogP contribution in [0.15, 0.2) is 35.9 Å². The van der Waals surface area contributed by atoms with Gasteiger partial charge in [-0.2, -0.15) is 0 Å². The quantitative estimate of drug-likeness (QED) is 0.812. The van der Waals surface area contributed by atoms with Crippen LogP contribution in [0.25, 0.3) is 0 Å². The molecule has 18 heavy (non-hydrogen) atoms. The Bertz CT molecular complexity index is 417. The SMILES string of the molecule is CC(C)=CC(=O)NC(C)COc1ccc(C)cc1. The van der Waals surface area contributed by atoms with Crippen molar-refractivity contribution in [1.82, 2.24) is 5.32 Å². The summed E-state index contributed by atoms with van der Waals surface area (Å²) in [7, 11) is 0. The number of rotatable bonds is 5. The summed E-state index contributed by atoms with van der Waals surface area (Å²) in [4.78, 5) is 11.5. The number of allylic oxidation sites excluding steroid dienone is 1. The minimum absolute atomic E-state index is 0.0191. The summed E-state index contributed by atoms with van der Waals surface area (Å²) in [6.07, 6.45) is 1.59. The maximum Gasteiger partial charge on any atom is 0.244 e. The molecule has 1 aromatic carbocycles. The topological polar surface area (TPSA) is 38.3 Å². The molecule has 0 saturated carbocycles. The van der Waals surface area contributed by atoms with E-state index in [0.29, 0.717) is 6.61 Å². The molecular weight excluding hydrogens is 226 g/mol. The van der Waals surface area contributed by atoms with Crippen LogP contribution in [0.5, 0.6) is 5.75 Å². The number of benzene rings is 1. The summed E-state index contributed by atoms with van der Waals surface area (Å²) in [5, 5.41) is 2.85. The monoisotopic (exact) mass is 247 g/mol. The lowest BCUT2D eigenvalue weighted by Crippen LogP contribution is -2.35. The summed E-state index contributed by atoms with van der Waals surface area (Å²) < 4.78 is 5.59. The first-order valence-electron chi connectivity index (χ1n) is 6.12. The lowest BCUT2D eigenvalue weighted by molar-refractivity contribution is -0.117. The van der Waals surface area contributed by atoms with E-state index >= 15 is 0 Å². The van der Waals surface area contributed by atoms with Crippen LogP contribution in [0.4, 0.5) is 0 Å². The summed E-state index contributed by atoms with van der Waals surface area (Å²) >= 11 is 0. The van der Waals surface area contributed by atoms with Gasteiger partial charge in [-0.3, -0.25) is 4.79 Å². The molecule has 0 aliphatic rings. The number of hydrogen-bond donors (Lipinski definition) is 1. The molecule has 0 bridgehead atoms. The van der Waals surface area contributed by atoms with Gasteiger partial charge in [-0.1, -0.05) is 23.3 Å². The van der Waals surface area contributed by atoms with Crippen molar-refractivity contribution >= 4 is 5.91 Å². The van der Waals surface area contributed by atoms with Crippen molar-refractivity contribution in [3.63, 3.8) is 0 Å². The predicted molar refractivity (Wildman–Crippen MR) is 73.7 cm³/mol. The van der Waals surface area contributed by atoms with Gasteiger partial charge in [0.05, 0.1) is 6.04 Å². The second-order valence-electron chi connectivity index (χ2n) is 4.76. The molecule has 3 nitrogen and oxygen atoms in total. The highest BCUT2D eigenvalue weighted by molar-refractivity contribution is 5.88. The molecule has 98 valence electrons. The molecule has 0 spiro atoms. The van der Waals surface area contributed by atoms with Gasteiger partial charge in [0.25, 0.3) is 0 Å². The second-order valence-corrected chi connectivity index (χ2v) is 4.76. The molecule has 0 aliphatic heterocycles. The largest absolute Gasteiger partial charge is 0.491 e. The van der Waals surface area contributed by atoms with Gasteiger partial charge in [-0.25, -0.2) is 0 Å². The summed E-state index contributed by atoms with van der Waals surface area (Å²) in [5.74, 6) is 0.749. The average molecular weight is 247 g/mol. The Labute approximate surface area is 109 Å². The van der Waals surface area contributed by atoms with E-state index in [1.54, 1.807) is 6.08 Å². The van der Waals surface area contributed by atoms with Crippen molar-refractivity contribution in [1.29, 1.82) is 0 Å². The molecule has 0 radical (unpaired) electrons. The smallest absolute Gasteiger partial charge is 0.244 e. The summed E-state index contributed by atoms with van der Waals surface area (Å²) in [6, 6.07) is 7.85. The molecule has 1 atom stereocenters. The molecule has 0 aliphatic carbocycles. The van der Waals surface area contributed by atoms with E-state index in [2.05, 4.69) is 5.32 Å². The van der Waals surface area contributed by atoms with Crippen molar-refractivity contribution in [3.8, 4) is 5.75 Å². The van der Waals surface area contributed by atoms with Crippen LogP contribution in [0.2, 0.25) is 0 Å². The normalized spacial score (nSPS) is 11.6. The third-order valence-corrected chi connectivity index (χ3v) is 2.33. The van der Waals surface area contributed by atoms with Crippen molar-refractivity contribution in [3.05, 3.63) is 41.5 Å². The first-order chi connectivity index (χ1) is 8.47. The zero-order chi connectivity index (χ0) is 13.5. The van der Waals surface area contributed by atoms with E-state index in [1.807, 2.05) is 52.0 Å². The van der Waals surface area contributed by atoms with Crippen LogP contribution in [0.3, 0.4) is 0 Å². The third kappa shape index (κ3) is 5.53. The van der Waals surface area contributed by atoms with Crippen LogP contribution in [-0.4, -0.2) is 18.6 Å². The fourth-order valence-electron chi connectivity index (χ4n) is 1.44. The standard InChI is InChI=1S/C15H21NO2/c1-11(2)9-15(17)16-13(4)10-18-14-7-5-12(3)6-8-14/h5-9,13H,10H2,1-4H3,(H,16,17). The Morgan fingerprint density at radius 3 is 2.50 bits per heavy atom. The number of carbonyl (C=O) groups is 1. The third-order valence-electron chi connectivity index (χ3n) is 2.33. The first-order valence-corrected chi connectivity index (χ1v) is 6.12. The van der Waals surface area contributed by atoms with Crippen molar-refractivity contribution in [2.45, 2.75) is 33.7 Å². The minimum Gasteiger partial charge on any atom is -0.491 e. The summed E-state index contributed by atoms with van der Waals surface area (Å²) in [5.41, 5.74) is 2.19. The first kappa shape index (κ1) is 14.3. The van der Waals surface area contributed by atoms with E-state index in [4.69, 9.17) is 4.74 Å². The van der Waals surface area contributed by atoms with Gasteiger partial charge in [0.1, 0.15) is 12.4 Å². The van der Waals surface area contributed by atoms with Crippen LogP contribution < -0.4 is 10.1 Å². The van der Waals surface area contributed by atoms with Crippen molar-refractivity contribution in [2.24, 2.45) is 0 Å². The zero-order valence-electron chi connectivity index (χ0n) is 11.5. The number of amides is 1. The van der Waals surface area contributed by atoms with Gasteiger partial charge in [0, 0.05) is 6.08 Å². The van der Waals surface area contributed by atoms with Gasteiger partial charge in [-0.15, -0.1) is 0 Å². The molecule has 0 saturated heterocycles. The van der Waals surface area contributed by atoms with Gasteiger partial charge in [0.15, 0.2) is 0 Å². The zero-order valence-corrected chi connectivity index (χ0v) is 11.5. The number of ether oxygens (including phenoxy) is 1. The molecule has 1 rings (SSSR count). The Morgan fingerprint density at radius 2 is 1.94 bits per heavy atom. The molecule has 1 aromatic rings. The maximum atomic E-state index is 11.5. The van der Waals surface area contributed by atoms with Crippen molar-refractivity contribution in [2.75, 3.05) is 6.61 Å². The fraction of sp³-hybridized carbons (Fsp3) is 0.400. The molecular formula is C15H21NO2. The predicted octanol–water partition coefficient (Wildman–Crippen LogP) is 2.84. The number of carbonyl (C=O) groups excluding carboxylic acids is 1. The van der Waals surface area contributed by atoms with Gasteiger partial charge in [-0.05, 0) is 39.8 Å². The number of hydrogen-bond acceptors (Lipinski definition) is 2. The second kappa shape index (κ2) is 6.84. The molecule has 1 N–H and O–H groups in total. The van der Waals surface area contributed by atoms with E-state index in [0.717, 1.165) is 11.3 Å². The van der Waals surface area contributed by atoms with E-state index in [9.17, 15) is 4.79 Å². The Morgan fingerprint density at radius 1 is 1.33 bits per heavy atom. The fourth-order valence-corrected chi connectivity index (χ4v) is 1.44. The maximum absolute atomic E-state index is 11.5. The highest BCUT2D eigenvalue weighted by Crippen LogP contribution is 2.11. The van der Waals surface area contributed by atoms with Crippen LogP contribution >= 0.6 is 0 Å². The molecule has 0 fully saturated rings. The van der Waals surface area contributed by atoms with Crippen LogP contribution in [-0.2, 0) is 4.79 Å². The Balaban J connectivity index is 2.37. The highest BCUT2D eigenvalue weighted by Gasteiger charge is 2.05. The van der Waals surface area contributed by atoms with Gasteiger partial charge in [0.2, 0.25) is 5.91 Å². The molecule has 1 amide bonds. The van der Waals surface area contributed by atoms with Crippen LogP contribution in [0, 0.1) is 6.92 Å². The van der Waals surface area contributed by atoms with Crippen LogP contribution in [0.1, 0.15) is 26.3 Å². The van der Waals surface area contributed by atoms with E-state index in [1.165, 1.54) is 5.56 Å². The minimum atomic E-state index is -0.0741. The molecule has 0 aromatic heterocycles. The highest BCUT2D eigenvalue weighted by atomic mass is 16.5. The van der Waals surface area contributed by atoms with Crippen molar-refractivity contribution < 1.29 is 9.53 Å². The molecule has 3 heteroatoms. The van der Waals surface area contributed by atoms with Gasteiger partial charge >= 0.3 is 0 Å². The summed E-state index contributed by atoms with van der Waals surface area (Å²) in [6.45, 7) is 8.21.